The van der Waals surface area contributed by atoms with Gasteiger partial charge in [-0.05, 0) is 62.9 Å². The zero-order chi connectivity index (χ0) is 28.6. The van der Waals surface area contributed by atoms with Crippen LogP contribution in [0.1, 0.15) is 55.0 Å². The van der Waals surface area contributed by atoms with Crippen molar-refractivity contribution in [1.82, 2.24) is 9.55 Å². The van der Waals surface area contributed by atoms with Gasteiger partial charge in [0.05, 0.1) is 17.1 Å². The number of aryl methyl sites for hydroxylation is 4. The fraction of sp³-hybridized carbons (Fsp3) is 0.321. The second-order valence-corrected chi connectivity index (χ2v) is 11.7. The van der Waals surface area contributed by atoms with E-state index in [0.717, 1.165) is 18.4 Å². The van der Waals surface area contributed by atoms with Crippen molar-refractivity contribution in [2.75, 3.05) is 5.32 Å². The van der Waals surface area contributed by atoms with Gasteiger partial charge in [0.25, 0.3) is 15.6 Å². The summed E-state index contributed by atoms with van der Waals surface area (Å²) < 4.78 is 32.7. The third-order valence-electron chi connectivity index (χ3n) is 6.58. The van der Waals surface area contributed by atoms with Crippen molar-refractivity contribution in [2.45, 2.75) is 58.0 Å². The quantitative estimate of drug-likeness (QED) is 0.285. The molecule has 0 amide bonds. The summed E-state index contributed by atoms with van der Waals surface area (Å²) in [6.07, 6.45) is 3.88. The predicted molar refractivity (Wildman–Crippen MR) is 154 cm³/mol. The van der Waals surface area contributed by atoms with Crippen molar-refractivity contribution in [3.8, 4) is 11.3 Å². The fourth-order valence-electron chi connectivity index (χ4n) is 4.67. The van der Waals surface area contributed by atoms with Crippen molar-refractivity contribution in [2.24, 2.45) is 12.2 Å². The Balaban J connectivity index is 1.91. The van der Waals surface area contributed by atoms with Crippen LogP contribution in [-0.2, 0) is 23.5 Å². The monoisotopic (exact) mass is 570 g/mol. The van der Waals surface area contributed by atoms with Gasteiger partial charge >= 0.3 is 0 Å². The summed E-state index contributed by atoms with van der Waals surface area (Å²) in [5.74, 6) is 0.311. The van der Waals surface area contributed by atoms with Crippen LogP contribution in [0.25, 0.3) is 22.3 Å². The Morgan fingerprint density at radius 3 is 2.51 bits per heavy atom. The number of unbranched alkanes of at least 4 members (excludes halogenated alkanes) is 1. The highest BCUT2D eigenvalue weighted by Gasteiger charge is 2.24. The molecule has 206 valence electrons. The highest BCUT2D eigenvalue weighted by Crippen LogP contribution is 2.34. The van der Waals surface area contributed by atoms with Gasteiger partial charge in [-0.3, -0.25) is 9.59 Å². The molecule has 3 aromatic heterocycles. The molecule has 0 bridgehead atoms. The molecule has 0 spiro atoms. The van der Waals surface area contributed by atoms with Crippen LogP contribution in [0.4, 0.5) is 5.69 Å². The molecule has 0 aliphatic rings. The van der Waals surface area contributed by atoms with Gasteiger partial charge in [-0.2, -0.15) is 0 Å². The third kappa shape index (κ3) is 5.93. The molecule has 3 N–H and O–H groups in total. The van der Waals surface area contributed by atoms with E-state index in [1.807, 2.05) is 26.8 Å². The maximum absolute atomic E-state index is 13.2. The summed E-state index contributed by atoms with van der Waals surface area (Å²) in [6.45, 7) is 7.43. The largest absolute Gasteiger partial charge is 0.455 e. The van der Waals surface area contributed by atoms with Gasteiger partial charge in [-0.1, -0.05) is 31.0 Å². The van der Waals surface area contributed by atoms with Crippen LogP contribution in [0.15, 0.2) is 55.6 Å². The number of primary sulfonamides is 1. The summed E-state index contributed by atoms with van der Waals surface area (Å²) >= 11 is 6.15. The molecule has 4 rings (SSSR count). The minimum Gasteiger partial charge on any atom is -0.455 e. The number of benzene rings is 1. The highest BCUT2D eigenvalue weighted by molar-refractivity contribution is 7.89. The Labute approximate surface area is 231 Å². The first kappa shape index (κ1) is 28.5. The molecular weight excluding hydrogens is 540 g/mol. The summed E-state index contributed by atoms with van der Waals surface area (Å²) in [5.41, 5.74) is 3.48. The number of nitrogens with one attached hydrogen (secondary N) is 1. The molecule has 39 heavy (non-hydrogen) atoms. The Bertz CT molecular complexity index is 1790. The fourth-order valence-corrected chi connectivity index (χ4v) is 5.63. The second-order valence-electron chi connectivity index (χ2n) is 9.83. The molecule has 0 radical (unpaired) electrons. The van der Waals surface area contributed by atoms with Gasteiger partial charge in [0, 0.05) is 36.0 Å². The minimum absolute atomic E-state index is 0.0347. The molecule has 0 aliphatic carbocycles. The van der Waals surface area contributed by atoms with Gasteiger partial charge in [0.1, 0.15) is 16.5 Å². The Kier molecular flexibility index (Phi) is 8.02. The number of fused-ring (bicyclic) bond motifs is 1. The minimum atomic E-state index is -4.20. The topological polar surface area (TPSA) is 137 Å². The van der Waals surface area contributed by atoms with Crippen molar-refractivity contribution >= 4 is 38.3 Å². The lowest BCUT2D eigenvalue weighted by Gasteiger charge is -2.22. The van der Waals surface area contributed by atoms with Crippen LogP contribution in [0.5, 0.6) is 0 Å². The normalized spacial score (nSPS) is 12.6. The number of hydrogen-bond acceptors (Lipinski definition) is 7. The molecule has 0 saturated heterocycles. The zero-order valence-electron chi connectivity index (χ0n) is 22.5. The van der Waals surface area contributed by atoms with Crippen molar-refractivity contribution < 1.29 is 12.8 Å². The van der Waals surface area contributed by atoms with Gasteiger partial charge in [-0.15, -0.1) is 0 Å². The van der Waals surface area contributed by atoms with E-state index in [4.69, 9.17) is 21.2 Å². The second kappa shape index (κ2) is 11.0. The molecule has 3 heterocycles. The maximum Gasteiger partial charge on any atom is 0.257 e. The number of rotatable bonds is 8. The summed E-state index contributed by atoms with van der Waals surface area (Å²) in [5, 5.41) is 8.87. The Morgan fingerprint density at radius 1 is 1.15 bits per heavy atom. The standard InChI is InChI=1S/C28H31ClN4O5S/c1-6-7-8-18-12-24(29)32-27(39(30,36)37)25(18)31-17(4)20-9-15(2)10-21-22(34)13-23(38-26(20)21)19-11-16(3)28(35)33(5)14-19/h9-14,17,31H,6-8H2,1-5H3,(H2,30,36,37). The first-order chi connectivity index (χ1) is 18.3. The van der Waals surface area contributed by atoms with Gasteiger partial charge in [0.2, 0.25) is 0 Å². The van der Waals surface area contributed by atoms with E-state index >= 15 is 0 Å². The van der Waals surface area contributed by atoms with Crippen LogP contribution in [0, 0.1) is 13.8 Å². The Morgan fingerprint density at radius 2 is 1.87 bits per heavy atom. The summed E-state index contributed by atoms with van der Waals surface area (Å²) in [6, 6.07) is 7.84. The van der Waals surface area contributed by atoms with Crippen LogP contribution < -0.4 is 21.4 Å². The molecule has 1 aromatic carbocycles. The molecule has 0 aliphatic heterocycles. The van der Waals surface area contributed by atoms with E-state index in [1.54, 1.807) is 38.4 Å². The first-order valence-corrected chi connectivity index (χ1v) is 14.5. The summed E-state index contributed by atoms with van der Waals surface area (Å²) in [7, 11) is -2.57. The molecule has 4 aromatic rings. The van der Waals surface area contributed by atoms with E-state index in [0.29, 0.717) is 45.4 Å². The smallest absolute Gasteiger partial charge is 0.257 e. The van der Waals surface area contributed by atoms with E-state index in [2.05, 4.69) is 10.3 Å². The van der Waals surface area contributed by atoms with Crippen molar-refractivity contribution in [1.29, 1.82) is 0 Å². The maximum atomic E-state index is 13.2. The molecule has 11 heteroatoms. The number of nitrogens with zero attached hydrogens (tertiary/aromatic N) is 2. The van der Waals surface area contributed by atoms with Crippen LogP contribution in [0.2, 0.25) is 5.15 Å². The summed E-state index contributed by atoms with van der Waals surface area (Å²) in [4.78, 5) is 29.4. The highest BCUT2D eigenvalue weighted by atomic mass is 35.5. The SMILES string of the molecule is CCCCc1cc(Cl)nc(S(N)(=O)=O)c1NC(C)c1cc(C)cc2c(=O)cc(-c3cc(C)c(=O)n(C)c3)oc12. The molecule has 1 atom stereocenters. The first-order valence-electron chi connectivity index (χ1n) is 12.5. The molecule has 9 nitrogen and oxygen atoms in total. The number of nitrogens with two attached hydrogens (primary N) is 1. The molecule has 0 fully saturated rings. The lowest BCUT2D eigenvalue weighted by Crippen LogP contribution is -2.20. The average Bonchev–Trinajstić information content (AvgIpc) is 2.85. The molecule has 0 saturated carbocycles. The van der Waals surface area contributed by atoms with Crippen LogP contribution >= 0.6 is 11.6 Å². The number of sulfonamides is 1. The number of anilines is 1. The number of halogens is 1. The molecular formula is C28H31ClN4O5S. The lowest BCUT2D eigenvalue weighted by atomic mass is 10.00. The van der Waals surface area contributed by atoms with Crippen molar-refractivity contribution in [3.63, 3.8) is 0 Å². The lowest BCUT2D eigenvalue weighted by molar-refractivity contribution is 0.593. The van der Waals surface area contributed by atoms with Gasteiger partial charge in [-0.25, -0.2) is 18.5 Å². The van der Waals surface area contributed by atoms with E-state index in [9.17, 15) is 18.0 Å². The van der Waals surface area contributed by atoms with Gasteiger partial charge in [0.15, 0.2) is 10.5 Å². The van der Waals surface area contributed by atoms with E-state index in [1.165, 1.54) is 10.6 Å². The molecule has 1 unspecified atom stereocenters. The van der Waals surface area contributed by atoms with Crippen molar-refractivity contribution in [3.05, 3.63) is 84.5 Å². The number of aromatic nitrogens is 2. The van der Waals surface area contributed by atoms with E-state index in [-0.39, 0.29) is 26.9 Å². The third-order valence-corrected chi connectivity index (χ3v) is 7.61. The van der Waals surface area contributed by atoms with Crippen LogP contribution in [0.3, 0.4) is 0 Å². The van der Waals surface area contributed by atoms with Gasteiger partial charge < -0.3 is 14.3 Å². The Hall–Kier alpha value is -3.47. The van der Waals surface area contributed by atoms with E-state index < -0.39 is 16.1 Å². The van der Waals surface area contributed by atoms with Crippen LogP contribution in [-0.4, -0.2) is 18.0 Å². The average molecular weight is 571 g/mol. The zero-order valence-corrected chi connectivity index (χ0v) is 24.0. The number of hydrogen-bond donors (Lipinski definition) is 2. The number of pyridine rings is 2. The predicted octanol–water partition coefficient (Wildman–Crippen LogP) is 4.99.